The van der Waals surface area contributed by atoms with Gasteiger partial charge in [0.05, 0.1) is 11.7 Å². The van der Waals surface area contributed by atoms with Crippen LogP contribution in [0, 0.1) is 5.82 Å². The summed E-state index contributed by atoms with van der Waals surface area (Å²) in [6, 6.07) is 19.2. The van der Waals surface area contributed by atoms with Crippen molar-refractivity contribution >= 4 is 38.9 Å². The molecule has 1 saturated heterocycles. The Hall–Kier alpha value is -3.43. The third-order valence-corrected chi connectivity index (χ3v) is 6.82. The number of furan rings is 1. The quantitative estimate of drug-likeness (QED) is 0.313. The van der Waals surface area contributed by atoms with Gasteiger partial charge in [-0.3, -0.25) is 4.98 Å². The van der Waals surface area contributed by atoms with Gasteiger partial charge < -0.3 is 24.1 Å². The molecule has 0 radical (unpaired) electrons. The molecule has 2 atom stereocenters. The molecule has 2 aliphatic rings. The van der Waals surface area contributed by atoms with Crippen LogP contribution in [0.4, 0.5) is 10.1 Å². The Morgan fingerprint density at radius 3 is 2.74 bits per heavy atom. The van der Waals surface area contributed by atoms with Gasteiger partial charge in [0, 0.05) is 28.0 Å². The van der Waals surface area contributed by atoms with E-state index in [4.69, 9.17) is 26.1 Å². The maximum atomic E-state index is 13.6. The summed E-state index contributed by atoms with van der Waals surface area (Å²) >= 11 is 9.20. The van der Waals surface area contributed by atoms with Crippen LogP contribution in [0.3, 0.4) is 0 Å². The van der Waals surface area contributed by atoms with Gasteiger partial charge in [-0.25, -0.2) is 4.39 Å². The number of pyridine rings is 1. The average molecular weight is 538 g/mol. The summed E-state index contributed by atoms with van der Waals surface area (Å²) in [6.07, 6.45) is 1.75. The van der Waals surface area contributed by atoms with Crippen LogP contribution in [0.1, 0.15) is 23.5 Å². The normalized spacial score (nSPS) is 18.9. The highest BCUT2D eigenvalue weighted by Crippen LogP contribution is 2.45. The highest BCUT2D eigenvalue weighted by molar-refractivity contribution is 9.10. The van der Waals surface area contributed by atoms with Gasteiger partial charge in [-0.1, -0.05) is 6.07 Å². The third kappa shape index (κ3) is 3.61. The largest absolute Gasteiger partial charge is 0.459 e. The van der Waals surface area contributed by atoms with Gasteiger partial charge in [0.1, 0.15) is 23.4 Å². The van der Waals surface area contributed by atoms with Crippen LogP contribution in [-0.4, -0.2) is 16.9 Å². The van der Waals surface area contributed by atoms with Crippen LogP contribution in [-0.2, 0) is 0 Å². The standard InChI is InChI=1S/C25H17BrFN3O3S/c26-17-11-14(27)4-6-16(17)19-8-9-21(33-19)24-23(18-3-1-2-10-28-18)29-25(34)30(24)15-5-7-20-22(12-15)32-13-31-20/h1-12,23-24H,13H2,(H,29,34)/t23-,24-/m0/s1. The van der Waals surface area contributed by atoms with E-state index in [1.807, 2.05) is 53.4 Å². The molecule has 0 unspecified atom stereocenters. The van der Waals surface area contributed by atoms with Crippen molar-refractivity contribution in [3.05, 3.63) is 94.7 Å². The summed E-state index contributed by atoms with van der Waals surface area (Å²) in [5, 5.41) is 3.95. The fourth-order valence-electron chi connectivity index (χ4n) is 4.30. The molecule has 2 aromatic carbocycles. The maximum Gasteiger partial charge on any atom is 0.231 e. The zero-order valence-electron chi connectivity index (χ0n) is 17.6. The Morgan fingerprint density at radius 1 is 1.03 bits per heavy atom. The molecule has 2 aromatic heterocycles. The first kappa shape index (κ1) is 21.1. The van der Waals surface area contributed by atoms with Crippen LogP contribution in [0.15, 0.2) is 81.8 Å². The molecule has 4 heterocycles. The van der Waals surface area contributed by atoms with Crippen molar-refractivity contribution in [3.63, 3.8) is 0 Å². The first-order valence-electron chi connectivity index (χ1n) is 10.5. The first-order valence-corrected chi connectivity index (χ1v) is 11.7. The number of ether oxygens (including phenoxy) is 2. The number of benzene rings is 2. The summed E-state index contributed by atoms with van der Waals surface area (Å²) in [5.74, 6) is 2.34. The lowest BCUT2D eigenvalue weighted by molar-refractivity contribution is 0.174. The molecular formula is C25H17BrFN3O3S. The van der Waals surface area contributed by atoms with Gasteiger partial charge in [-0.05, 0) is 82.7 Å². The Balaban J connectivity index is 1.45. The van der Waals surface area contributed by atoms with E-state index in [1.54, 1.807) is 12.3 Å². The summed E-state index contributed by atoms with van der Waals surface area (Å²) in [6.45, 7) is 0.190. The fourth-order valence-corrected chi connectivity index (χ4v) is 5.19. The van der Waals surface area contributed by atoms with Crippen molar-refractivity contribution in [1.29, 1.82) is 0 Å². The number of fused-ring (bicyclic) bond motifs is 1. The molecule has 0 spiro atoms. The predicted molar refractivity (Wildman–Crippen MR) is 132 cm³/mol. The van der Waals surface area contributed by atoms with Gasteiger partial charge in [-0.2, -0.15) is 0 Å². The maximum absolute atomic E-state index is 13.6. The molecule has 0 aliphatic carbocycles. The lowest BCUT2D eigenvalue weighted by Crippen LogP contribution is -2.29. The smallest absolute Gasteiger partial charge is 0.231 e. The number of hydrogen-bond acceptors (Lipinski definition) is 5. The molecule has 1 fully saturated rings. The highest BCUT2D eigenvalue weighted by atomic mass is 79.9. The van der Waals surface area contributed by atoms with Crippen LogP contribution in [0.25, 0.3) is 11.3 Å². The minimum absolute atomic E-state index is 0.190. The van der Waals surface area contributed by atoms with Crippen molar-refractivity contribution in [2.45, 2.75) is 12.1 Å². The second-order valence-corrected chi connectivity index (χ2v) is 9.10. The number of aromatic nitrogens is 1. The van der Waals surface area contributed by atoms with E-state index in [0.717, 1.165) is 16.9 Å². The second kappa shape index (κ2) is 8.41. The van der Waals surface area contributed by atoms with Gasteiger partial charge in [0.2, 0.25) is 6.79 Å². The molecule has 4 aromatic rings. The third-order valence-electron chi connectivity index (χ3n) is 5.85. The summed E-state index contributed by atoms with van der Waals surface area (Å²) in [5.41, 5.74) is 2.43. The highest BCUT2D eigenvalue weighted by Gasteiger charge is 2.43. The molecule has 2 aliphatic heterocycles. The van der Waals surface area contributed by atoms with E-state index in [1.165, 1.54) is 12.1 Å². The number of nitrogens with zero attached hydrogens (tertiary/aromatic N) is 2. The number of nitrogens with one attached hydrogen (secondary N) is 1. The number of hydrogen-bond donors (Lipinski definition) is 1. The first-order chi connectivity index (χ1) is 16.6. The van der Waals surface area contributed by atoms with E-state index in [2.05, 4.69) is 26.2 Å². The van der Waals surface area contributed by atoms with Crippen molar-refractivity contribution in [1.82, 2.24) is 10.3 Å². The zero-order chi connectivity index (χ0) is 23.2. The predicted octanol–water partition coefficient (Wildman–Crippen LogP) is 6.15. The van der Waals surface area contributed by atoms with Crippen molar-refractivity contribution < 1.29 is 18.3 Å². The summed E-state index contributed by atoms with van der Waals surface area (Å²) < 4.78 is 31.6. The molecule has 1 N–H and O–H groups in total. The fraction of sp³-hybridized carbons (Fsp3) is 0.120. The summed E-state index contributed by atoms with van der Waals surface area (Å²) in [4.78, 5) is 6.56. The molecule has 0 saturated carbocycles. The Labute approximate surface area is 208 Å². The van der Waals surface area contributed by atoms with Crippen molar-refractivity contribution in [2.24, 2.45) is 0 Å². The minimum atomic E-state index is -0.323. The van der Waals surface area contributed by atoms with Crippen molar-refractivity contribution in [3.8, 4) is 22.8 Å². The van der Waals surface area contributed by atoms with Crippen LogP contribution >= 0.6 is 28.1 Å². The molecule has 6 rings (SSSR count). The van der Waals surface area contributed by atoms with Crippen LogP contribution < -0.4 is 19.7 Å². The Morgan fingerprint density at radius 2 is 1.91 bits per heavy atom. The number of thiocarbonyl (C=S) groups is 1. The van der Waals surface area contributed by atoms with E-state index in [0.29, 0.717) is 32.6 Å². The van der Waals surface area contributed by atoms with Crippen LogP contribution in [0.2, 0.25) is 0 Å². The van der Waals surface area contributed by atoms with Gasteiger partial charge in [0.25, 0.3) is 0 Å². The number of anilines is 1. The monoisotopic (exact) mass is 537 g/mol. The molecule has 170 valence electrons. The van der Waals surface area contributed by atoms with Gasteiger partial charge >= 0.3 is 0 Å². The molecule has 0 amide bonds. The second-order valence-electron chi connectivity index (χ2n) is 7.86. The van der Waals surface area contributed by atoms with E-state index >= 15 is 0 Å². The Bertz CT molecular complexity index is 1400. The number of rotatable bonds is 4. The molecule has 0 bridgehead atoms. The van der Waals surface area contributed by atoms with Crippen LogP contribution in [0.5, 0.6) is 11.5 Å². The minimum Gasteiger partial charge on any atom is -0.459 e. The zero-order valence-corrected chi connectivity index (χ0v) is 20.0. The summed E-state index contributed by atoms with van der Waals surface area (Å²) in [7, 11) is 0. The van der Waals surface area contributed by atoms with E-state index < -0.39 is 0 Å². The SMILES string of the molecule is Fc1ccc(-c2ccc([C@H]3[C@H](c4ccccn4)NC(=S)N3c3ccc4c(c3)OCO4)o2)c(Br)c1. The van der Waals surface area contributed by atoms with Gasteiger partial charge in [-0.15, -0.1) is 0 Å². The lowest BCUT2D eigenvalue weighted by atomic mass is 10.0. The lowest BCUT2D eigenvalue weighted by Gasteiger charge is -2.26. The van der Waals surface area contributed by atoms with Crippen molar-refractivity contribution in [2.75, 3.05) is 11.7 Å². The average Bonchev–Trinajstić information content (AvgIpc) is 3.57. The Kier molecular flexibility index (Phi) is 5.23. The molecule has 34 heavy (non-hydrogen) atoms. The van der Waals surface area contributed by atoms with E-state index in [9.17, 15) is 4.39 Å². The van der Waals surface area contributed by atoms with Gasteiger partial charge in [0.15, 0.2) is 16.6 Å². The molecular weight excluding hydrogens is 521 g/mol. The van der Waals surface area contributed by atoms with E-state index in [-0.39, 0.29) is 24.7 Å². The topological polar surface area (TPSA) is 59.8 Å². The molecule has 9 heteroatoms. The number of halogens is 2. The molecule has 6 nitrogen and oxygen atoms in total.